The summed E-state index contributed by atoms with van der Waals surface area (Å²) in [5, 5.41) is 8.68. The minimum Gasteiger partial charge on any atom is -0.496 e. The average Bonchev–Trinajstić information content (AvgIpc) is 2.63. The second-order valence-corrected chi connectivity index (χ2v) is 4.37. The van der Waals surface area contributed by atoms with E-state index in [0.717, 1.165) is 22.2 Å². The normalized spacial score (nSPS) is 11.1. The minimum absolute atomic E-state index is 0.111. The van der Waals surface area contributed by atoms with Crippen LogP contribution in [0.4, 0.5) is 0 Å². The van der Waals surface area contributed by atoms with Gasteiger partial charge in [0.2, 0.25) is 5.96 Å². The summed E-state index contributed by atoms with van der Waals surface area (Å²) in [6.45, 7) is 1.96. The highest BCUT2D eigenvalue weighted by atomic mass is 35.5. The summed E-state index contributed by atoms with van der Waals surface area (Å²) < 4.78 is 5.29. The van der Waals surface area contributed by atoms with Crippen molar-refractivity contribution in [2.45, 2.75) is 6.92 Å². The summed E-state index contributed by atoms with van der Waals surface area (Å²) in [6.07, 6.45) is 1.50. The smallest absolute Gasteiger partial charge is 0.211 e. The summed E-state index contributed by atoms with van der Waals surface area (Å²) in [5.41, 5.74) is 13.0. The zero-order chi connectivity index (χ0) is 14.0. The summed E-state index contributed by atoms with van der Waals surface area (Å²) in [5.74, 6) is 0.667. The predicted molar refractivity (Wildman–Crippen MR) is 78.0 cm³/mol. The largest absolute Gasteiger partial charge is 0.496 e. The Labute approximate surface area is 115 Å². The van der Waals surface area contributed by atoms with E-state index in [2.05, 4.69) is 15.2 Å². The second kappa shape index (κ2) is 5.19. The molecule has 1 heterocycles. The van der Waals surface area contributed by atoms with Gasteiger partial charge in [-0.05, 0) is 24.6 Å². The van der Waals surface area contributed by atoms with Crippen LogP contribution in [0.1, 0.15) is 11.1 Å². The molecule has 0 aliphatic heterocycles. The number of aryl methyl sites for hydroxylation is 1. The number of hydrogen-bond acceptors (Lipinski definition) is 3. The third kappa shape index (κ3) is 2.63. The third-order valence-electron chi connectivity index (χ3n) is 2.67. The molecule has 0 atom stereocenters. The van der Waals surface area contributed by atoms with E-state index in [4.69, 9.17) is 27.8 Å². The molecule has 0 radical (unpaired) electrons. The van der Waals surface area contributed by atoms with Crippen molar-refractivity contribution < 1.29 is 4.74 Å². The first kappa shape index (κ1) is 13.2. The lowest BCUT2D eigenvalue weighted by Gasteiger charge is -2.04. The number of aromatic amines is 1. The van der Waals surface area contributed by atoms with Gasteiger partial charge in [0.05, 0.1) is 13.3 Å². The van der Waals surface area contributed by atoms with Crippen molar-refractivity contribution >= 4 is 34.7 Å². The topological polar surface area (TPSA) is 102 Å². The molecule has 0 spiro atoms. The van der Waals surface area contributed by atoms with Gasteiger partial charge in [-0.2, -0.15) is 5.10 Å². The minimum atomic E-state index is -0.111. The highest BCUT2D eigenvalue weighted by Crippen LogP contribution is 2.30. The number of benzene rings is 1. The zero-order valence-electron chi connectivity index (χ0n) is 10.6. The van der Waals surface area contributed by atoms with Crippen LogP contribution in [0.2, 0.25) is 5.15 Å². The SMILES string of the molecule is COc1cc2c(/C=N/N=C(N)N)c(Cl)[nH]c2cc1C. The van der Waals surface area contributed by atoms with Crippen LogP contribution in [0.3, 0.4) is 0 Å². The number of hydrogen-bond donors (Lipinski definition) is 3. The van der Waals surface area contributed by atoms with E-state index in [-0.39, 0.29) is 5.96 Å². The number of methoxy groups -OCH3 is 1. The van der Waals surface area contributed by atoms with Gasteiger partial charge in [-0.3, -0.25) is 0 Å². The number of fused-ring (bicyclic) bond motifs is 1. The highest BCUT2D eigenvalue weighted by Gasteiger charge is 2.11. The van der Waals surface area contributed by atoms with Gasteiger partial charge >= 0.3 is 0 Å². The molecule has 0 unspecified atom stereocenters. The molecule has 0 saturated heterocycles. The van der Waals surface area contributed by atoms with Gasteiger partial charge in [-0.1, -0.05) is 11.6 Å². The summed E-state index contributed by atoms with van der Waals surface area (Å²) >= 11 is 6.13. The Morgan fingerprint density at radius 3 is 2.79 bits per heavy atom. The lowest BCUT2D eigenvalue weighted by atomic mass is 10.1. The Balaban J connectivity index is 2.57. The first-order chi connectivity index (χ1) is 9.02. The van der Waals surface area contributed by atoms with Crippen molar-refractivity contribution in [1.29, 1.82) is 0 Å². The van der Waals surface area contributed by atoms with Crippen LogP contribution in [-0.2, 0) is 0 Å². The summed E-state index contributed by atoms with van der Waals surface area (Å²) in [6, 6.07) is 3.85. The van der Waals surface area contributed by atoms with E-state index >= 15 is 0 Å². The number of rotatable bonds is 3. The van der Waals surface area contributed by atoms with Gasteiger partial charge in [-0.25, -0.2) is 0 Å². The molecule has 2 rings (SSSR count). The van der Waals surface area contributed by atoms with Crippen molar-refractivity contribution in [2.24, 2.45) is 21.7 Å². The van der Waals surface area contributed by atoms with Gasteiger partial charge in [0.25, 0.3) is 0 Å². The molecule has 7 heteroatoms. The maximum Gasteiger partial charge on any atom is 0.211 e. The molecule has 0 saturated carbocycles. The lowest BCUT2D eigenvalue weighted by Crippen LogP contribution is -2.21. The number of nitrogens with two attached hydrogens (primary N) is 2. The molecular formula is C12H14ClN5O. The van der Waals surface area contributed by atoms with E-state index < -0.39 is 0 Å². The first-order valence-electron chi connectivity index (χ1n) is 5.50. The van der Waals surface area contributed by atoms with Gasteiger partial charge in [0.1, 0.15) is 10.9 Å². The van der Waals surface area contributed by atoms with E-state index in [1.54, 1.807) is 7.11 Å². The monoisotopic (exact) mass is 279 g/mol. The van der Waals surface area contributed by atoms with Gasteiger partial charge in [-0.15, -0.1) is 5.10 Å². The Hall–Kier alpha value is -2.21. The molecule has 1 aromatic heterocycles. The first-order valence-corrected chi connectivity index (χ1v) is 5.88. The van der Waals surface area contributed by atoms with Crippen LogP contribution < -0.4 is 16.2 Å². The molecule has 0 aliphatic carbocycles. The van der Waals surface area contributed by atoms with Crippen molar-refractivity contribution in [1.82, 2.24) is 4.98 Å². The molecule has 100 valence electrons. The molecule has 2 aromatic rings. The molecule has 0 amide bonds. The Kier molecular flexibility index (Phi) is 3.62. The molecule has 0 fully saturated rings. The van der Waals surface area contributed by atoms with Crippen LogP contribution in [0.5, 0.6) is 5.75 Å². The fourth-order valence-electron chi connectivity index (χ4n) is 1.82. The van der Waals surface area contributed by atoms with Gasteiger partial charge in [0.15, 0.2) is 0 Å². The predicted octanol–water partition coefficient (Wildman–Crippen LogP) is 1.75. The Morgan fingerprint density at radius 2 is 2.16 bits per heavy atom. The number of guanidine groups is 1. The molecule has 0 bridgehead atoms. The van der Waals surface area contributed by atoms with Crippen LogP contribution in [0.15, 0.2) is 22.3 Å². The molecule has 5 N–H and O–H groups in total. The maximum atomic E-state index is 6.13. The number of nitrogens with one attached hydrogen (secondary N) is 1. The fourth-order valence-corrected chi connectivity index (χ4v) is 2.07. The molecule has 0 aliphatic rings. The second-order valence-electron chi connectivity index (χ2n) is 3.99. The Morgan fingerprint density at radius 1 is 1.42 bits per heavy atom. The van der Waals surface area contributed by atoms with Gasteiger partial charge in [0, 0.05) is 16.5 Å². The standard InChI is InChI=1S/C12H14ClN5O/c1-6-3-9-7(4-10(6)19-2)8(11(13)17-9)5-16-18-12(14)15/h3-5,17H,1-2H3,(H4,14,15,18)/b16-5+. The van der Waals surface area contributed by atoms with Crippen molar-refractivity contribution in [3.63, 3.8) is 0 Å². The summed E-state index contributed by atoms with van der Waals surface area (Å²) in [7, 11) is 1.62. The maximum absolute atomic E-state index is 6.13. The third-order valence-corrected chi connectivity index (χ3v) is 2.96. The number of halogens is 1. The molecule has 1 aromatic carbocycles. The quantitative estimate of drug-likeness (QED) is 0.453. The fraction of sp³-hybridized carbons (Fsp3) is 0.167. The van der Waals surface area contributed by atoms with E-state index in [1.807, 2.05) is 19.1 Å². The number of H-pyrrole nitrogens is 1. The molecule has 19 heavy (non-hydrogen) atoms. The number of nitrogens with zero attached hydrogens (tertiary/aromatic N) is 2. The number of aromatic nitrogens is 1. The molecular weight excluding hydrogens is 266 g/mol. The highest BCUT2D eigenvalue weighted by molar-refractivity contribution is 6.34. The van der Waals surface area contributed by atoms with Gasteiger partial charge < -0.3 is 21.2 Å². The van der Waals surface area contributed by atoms with Crippen LogP contribution >= 0.6 is 11.6 Å². The number of ether oxygens (including phenoxy) is 1. The Bertz CT molecular complexity index is 670. The van der Waals surface area contributed by atoms with E-state index in [1.165, 1.54) is 6.21 Å². The van der Waals surface area contributed by atoms with Crippen LogP contribution in [0, 0.1) is 6.92 Å². The van der Waals surface area contributed by atoms with Crippen molar-refractivity contribution in [2.75, 3.05) is 7.11 Å². The van der Waals surface area contributed by atoms with E-state index in [9.17, 15) is 0 Å². The average molecular weight is 280 g/mol. The van der Waals surface area contributed by atoms with Crippen molar-refractivity contribution in [3.05, 3.63) is 28.4 Å². The summed E-state index contributed by atoms with van der Waals surface area (Å²) in [4.78, 5) is 3.06. The van der Waals surface area contributed by atoms with E-state index in [0.29, 0.717) is 10.7 Å². The van der Waals surface area contributed by atoms with Crippen LogP contribution in [0.25, 0.3) is 10.9 Å². The zero-order valence-corrected chi connectivity index (χ0v) is 11.3. The van der Waals surface area contributed by atoms with Crippen LogP contribution in [-0.4, -0.2) is 24.3 Å². The molecule has 6 nitrogen and oxygen atoms in total. The van der Waals surface area contributed by atoms with Crippen molar-refractivity contribution in [3.8, 4) is 5.75 Å². The lowest BCUT2D eigenvalue weighted by molar-refractivity contribution is 0.412.